The second-order valence-corrected chi connectivity index (χ2v) is 19.3. The SMILES string of the molecule is CCCCCCCC/C=C\CCCCCCCC(=O)OCCCCC/C=C\C/C=C\CCCCCCCCCC(=O)NC(CO)C(O)CCCCCCCCCCCCCCCCC. The van der Waals surface area contributed by atoms with Crippen LogP contribution in [0.4, 0.5) is 0 Å². The molecule has 0 aromatic carbocycles. The number of carbonyl (C=O) groups excluding carboxylic acids is 2. The Kier molecular flexibility index (Phi) is 52.1. The summed E-state index contributed by atoms with van der Waals surface area (Å²) in [4.78, 5) is 24.5. The smallest absolute Gasteiger partial charge is 0.305 e. The van der Waals surface area contributed by atoms with Gasteiger partial charge in [0.25, 0.3) is 0 Å². The molecule has 3 N–H and O–H groups in total. The van der Waals surface area contributed by atoms with Crippen LogP contribution in [0.1, 0.15) is 296 Å². The van der Waals surface area contributed by atoms with Crippen molar-refractivity contribution >= 4 is 11.9 Å². The Balaban J connectivity index is 3.50. The van der Waals surface area contributed by atoms with Gasteiger partial charge in [0.1, 0.15) is 0 Å². The largest absolute Gasteiger partial charge is 0.466 e. The second-order valence-electron chi connectivity index (χ2n) is 19.3. The molecule has 0 heterocycles. The van der Waals surface area contributed by atoms with Crippen LogP contribution in [0.25, 0.3) is 0 Å². The normalized spacial score (nSPS) is 12.9. The molecule has 0 aromatic heterocycles. The van der Waals surface area contributed by atoms with Gasteiger partial charge in [0.15, 0.2) is 0 Å². The Hall–Kier alpha value is -1.92. The average Bonchev–Trinajstić information content (AvgIpc) is 3.29. The van der Waals surface area contributed by atoms with Gasteiger partial charge >= 0.3 is 5.97 Å². The fraction of sp³-hybridized carbons (Fsp3) is 0.862. The average molecular weight is 901 g/mol. The van der Waals surface area contributed by atoms with Crippen molar-refractivity contribution in [2.75, 3.05) is 13.2 Å². The summed E-state index contributed by atoms with van der Waals surface area (Å²) >= 11 is 0. The number of nitrogens with one attached hydrogen (secondary N) is 1. The van der Waals surface area contributed by atoms with Crippen molar-refractivity contribution in [3.63, 3.8) is 0 Å². The Morgan fingerprint density at radius 3 is 1.20 bits per heavy atom. The van der Waals surface area contributed by atoms with Crippen LogP contribution in [0, 0.1) is 0 Å². The van der Waals surface area contributed by atoms with Gasteiger partial charge in [-0.2, -0.15) is 0 Å². The van der Waals surface area contributed by atoms with E-state index in [2.05, 4.69) is 55.6 Å². The number of rotatable bonds is 52. The number of allylic oxidation sites excluding steroid dienone is 6. The number of ether oxygens (including phenoxy) is 1. The highest BCUT2D eigenvalue weighted by Gasteiger charge is 2.20. The lowest BCUT2D eigenvalue weighted by atomic mass is 10.0. The molecular formula is C58H109NO5. The minimum Gasteiger partial charge on any atom is -0.466 e. The predicted octanol–water partition coefficient (Wildman–Crippen LogP) is 17.2. The van der Waals surface area contributed by atoms with Crippen molar-refractivity contribution in [2.24, 2.45) is 0 Å². The number of amides is 1. The van der Waals surface area contributed by atoms with Crippen LogP contribution in [0.15, 0.2) is 36.5 Å². The van der Waals surface area contributed by atoms with Gasteiger partial charge in [0.2, 0.25) is 5.91 Å². The predicted molar refractivity (Wildman–Crippen MR) is 278 cm³/mol. The molecule has 0 aliphatic heterocycles. The summed E-state index contributed by atoms with van der Waals surface area (Å²) in [6, 6.07) is -0.554. The number of aliphatic hydroxyl groups excluding tert-OH is 2. The molecule has 376 valence electrons. The highest BCUT2D eigenvalue weighted by molar-refractivity contribution is 5.76. The fourth-order valence-electron chi connectivity index (χ4n) is 8.55. The molecule has 6 heteroatoms. The van der Waals surface area contributed by atoms with Crippen molar-refractivity contribution in [2.45, 2.75) is 309 Å². The summed E-state index contributed by atoms with van der Waals surface area (Å²) in [6.07, 6.45) is 65.5. The van der Waals surface area contributed by atoms with Crippen LogP contribution in [0.5, 0.6) is 0 Å². The van der Waals surface area contributed by atoms with E-state index in [1.807, 2.05) is 0 Å². The van der Waals surface area contributed by atoms with E-state index in [1.165, 1.54) is 180 Å². The molecule has 0 aliphatic rings. The topological polar surface area (TPSA) is 95.9 Å². The van der Waals surface area contributed by atoms with Gasteiger partial charge in [0, 0.05) is 12.8 Å². The zero-order valence-electron chi connectivity index (χ0n) is 42.8. The second kappa shape index (κ2) is 53.7. The summed E-state index contributed by atoms with van der Waals surface area (Å²) in [5.41, 5.74) is 0. The lowest BCUT2D eigenvalue weighted by molar-refractivity contribution is -0.143. The van der Waals surface area contributed by atoms with Gasteiger partial charge in [-0.05, 0) is 89.9 Å². The Morgan fingerprint density at radius 1 is 0.438 bits per heavy atom. The van der Waals surface area contributed by atoms with Crippen LogP contribution in [0.3, 0.4) is 0 Å². The van der Waals surface area contributed by atoms with E-state index in [9.17, 15) is 19.8 Å². The van der Waals surface area contributed by atoms with Gasteiger partial charge in [-0.1, -0.05) is 230 Å². The minimum absolute atomic E-state index is 0.0235. The molecule has 6 nitrogen and oxygen atoms in total. The third-order valence-corrected chi connectivity index (χ3v) is 12.9. The summed E-state index contributed by atoms with van der Waals surface area (Å²) in [5, 5.41) is 23.2. The highest BCUT2D eigenvalue weighted by Crippen LogP contribution is 2.16. The first-order valence-electron chi connectivity index (χ1n) is 28.2. The fourth-order valence-corrected chi connectivity index (χ4v) is 8.55. The van der Waals surface area contributed by atoms with Gasteiger partial charge < -0.3 is 20.3 Å². The molecule has 0 bridgehead atoms. The van der Waals surface area contributed by atoms with E-state index in [0.29, 0.717) is 25.9 Å². The molecule has 0 saturated heterocycles. The van der Waals surface area contributed by atoms with Crippen LogP contribution in [-0.2, 0) is 14.3 Å². The van der Waals surface area contributed by atoms with E-state index in [-0.39, 0.29) is 18.5 Å². The maximum Gasteiger partial charge on any atom is 0.305 e. The minimum atomic E-state index is -0.675. The molecule has 0 aliphatic carbocycles. The van der Waals surface area contributed by atoms with Crippen LogP contribution >= 0.6 is 0 Å². The third kappa shape index (κ3) is 49.5. The van der Waals surface area contributed by atoms with Crippen LogP contribution < -0.4 is 5.32 Å². The van der Waals surface area contributed by atoms with Crippen molar-refractivity contribution < 1.29 is 24.5 Å². The molecule has 2 atom stereocenters. The maximum atomic E-state index is 12.5. The lowest BCUT2D eigenvalue weighted by Crippen LogP contribution is -2.45. The number of carbonyl (C=O) groups is 2. The van der Waals surface area contributed by atoms with Gasteiger partial charge in [0.05, 0.1) is 25.4 Å². The summed E-state index contributed by atoms with van der Waals surface area (Å²) < 4.78 is 5.45. The highest BCUT2D eigenvalue weighted by atomic mass is 16.5. The van der Waals surface area contributed by atoms with Crippen molar-refractivity contribution in [3.8, 4) is 0 Å². The first kappa shape index (κ1) is 62.1. The number of unbranched alkanes of at least 4 members (excludes halogenated alkanes) is 35. The first-order chi connectivity index (χ1) is 31.5. The molecule has 0 aromatic rings. The zero-order chi connectivity index (χ0) is 46.5. The van der Waals surface area contributed by atoms with E-state index in [1.54, 1.807) is 0 Å². The van der Waals surface area contributed by atoms with Crippen molar-refractivity contribution in [1.82, 2.24) is 5.32 Å². The summed E-state index contributed by atoms with van der Waals surface area (Å²) in [7, 11) is 0. The number of hydrogen-bond acceptors (Lipinski definition) is 5. The summed E-state index contributed by atoms with van der Waals surface area (Å²) in [6.45, 7) is 4.90. The number of aliphatic hydroxyl groups is 2. The van der Waals surface area contributed by atoms with E-state index in [4.69, 9.17) is 4.74 Å². The monoisotopic (exact) mass is 900 g/mol. The number of esters is 1. The molecule has 0 rings (SSSR count). The summed E-state index contributed by atoms with van der Waals surface area (Å²) in [5.74, 6) is -0.0744. The van der Waals surface area contributed by atoms with Gasteiger partial charge in [-0.15, -0.1) is 0 Å². The van der Waals surface area contributed by atoms with Gasteiger partial charge in [-0.3, -0.25) is 9.59 Å². The Labute approximate surface area is 398 Å². The van der Waals surface area contributed by atoms with Crippen LogP contribution in [-0.4, -0.2) is 47.4 Å². The van der Waals surface area contributed by atoms with Crippen LogP contribution in [0.2, 0.25) is 0 Å². The molecule has 2 unspecified atom stereocenters. The molecule has 0 fully saturated rings. The first-order valence-corrected chi connectivity index (χ1v) is 28.2. The zero-order valence-corrected chi connectivity index (χ0v) is 42.8. The molecular weight excluding hydrogens is 791 g/mol. The van der Waals surface area contributed by atoms with E-state index < -0.39 is 12.1 Å². The van der Waals surface area contributed by atoms with Crippen molar-refractivity contribution in [3.05, 3.63) is 36.5 Å². The molecule has 64 heavy (non-hydrogen) atoms. The Bertz CT molecular complexity index is 1040. The quantitative estimate of drug-likeness (QED) is 0.0321. The molecule has 0 radical (unpaired) electrons. The van der Waals surface area contributed by atoms with E-state index >= 15 is 0 Å². The lowest BCUT2D eigenvalue weighted by Gasteiger charge is -2.22. The molecule has 0 saturated carbocycles. The van der Waals surface area contributed by atoms with E-state index in [0.717, 1.165) is 83.5 Å². The maximum absolute atomic E-state index is 12.5. The third-order valence-electron chi connectivity index (χ3n) is 12.9. The van der Waals surface area contributed by atoms with Gasteiger partial charge in [-0.25, -0.2) is 0 Å². The standard InChI is InChI=1S/C58H109NO5/c1-3-5-7-9-11-13-15-17-22-26-30-34-38-42-46-50-56(61)55(54-60)59-57(62)51-47-43-39-35-31-27-24-20-19-21-25-29-33-37-41-45-49-53-64-58(63)52-48-44-40-36-32-28-23-18-16-14-12-10-8-6-4-2/h18-19,21,23,29,33,55-56,60-61H,3-17,20,22,24-28,30-32,34-54H2,1-2H3,(H,59,62)/b21-19-,23-18-,33-29-. The molecule has 0 spiro atoms. The Morgan fingerprint density at radius 2 is 0.781 bits per heavy atom. The van der Waals surface area contributed by atoms with Crippen molar-refractivity contribution in [1.29, 1.82) is 0 Å². The number of hydrogen-bond donors (Lipinski definition) is 3. The molecule has 1 amide bonds.